The van der Waals surface area contributed by atoms with Gasteiger partial charge in [-0.05, 0) is 79.1 Å². The zero-order valence-corrected chi connectivity index (χ0v) is 47.5. The number of esters is 1. The number of anilines is 1. The average molecular weight is 1080 g/mol. The van der Waals surface area contributed by atoms with Gasteiger partial charge in [0.1, 0.15) is 42.7 Å². The Labute approximate surface area is 447 Å². The molecule has 0 radical (unpaired) electrons. The smallest absolute Gasteiger partial charge is 0.308 e. The van der Waals surface area contributed by atoms with Crippen LogP contribution in [-0.4, -0.2) is 193 Å². The number of amides is 1. The Morgan fingerprint density at radius 1 is 0.907 bits per heavy atom. The maximum absolute atomic E-state index is 14.3. The van der Waals surface area contributed by atoms with Crippen molar-refractivity contribution in [1.82, 2.24) is 10.2 Å². The number of nitrogen functional groups attached to an aromatic ring is 1. The van der Waals surface area contributed by atoms with Crippen molar-refractivity contribution in [2.45, 2.75) is 212 Å². The number of ketones is 1. The standard InChI is InChI=1S/C54H89N3O17S/c1-16-37-32(24-68-52-47(67-15)46(66-14)42(61)29(5)70-52)19-26(2)17-18-35(58)27(3)20-33(38-21-34(49(55)75-38)50(64)56-25-53(8,9)10)44(28(4)36(59)22-39(60)72-37)74-51-43(62)41(57(12)13)45(30(6)71-51)73-40-23-54(11,65)48(63)31(7)69-40/h17-19,21,27-33,36-37,40-48,51-52,59,61-63,65H,16,20,22-25,55H2,1-15H3,(H,56,64)/b18-17+,26-19+/t27-,28+,29-,30-,31+,32-,33-,36-,37-,40+,41-,42-,43-,44-,45-,46-,47-,48+,51+,52-,54-/m1/s1. The minimum atomic E-state index is -1.52. The molecule has 3 fully saturated rings. The fourth-order valence-electron chi connectivity index (χ4n) is 10.5. The van der Waals surface area contributed by atoms with E-state index in [-0.39, 0.29) is 47.1 Å². The van der Waals surface area contributed by atoms with Crippen molar-refractivity contribution >= 4 is 34.0 Å². The van der Waals surface area contributed by atoms with Gasteiger partial charge in [0.05, 0.1) is 65.8 Å². The van der Waals surface area contributed by atoms with Crippen molar-refractivity contribution in [3.8, 4) is 0 Å². The first-order valence-corrected chi connectivity index (χ1v) is 27.2. The summed E-state index contributed by atoms with van der Waals surface area (Å²) in [7, 11) is 6.45. The summed E-state index contributed by atoms with van der Waals surface area (Å²) in [4.78, 5) is 44.5. The number of hydrogen-bond acceptors (Lipinski definition) is 20. The minimum Gasteiger partial charge on any atom is -0.462 e. The van der Waals surface area contributed by atoms with E-state index in [0.717, 1.165) is 11.3 Å². The maximum Gasteiger partial charge on any atom is 0.308 e. The highest BCUT2D eigenvalue weighted by molar-refractivity contribution is 7.16. The molecule has 428 valence electrons. The van der Waals surface area contributed by atoms with Gasteiger partial charge in [-0.1, -0.05) is 59.3 Å². The zero-order valence-electron chi connectivity index (χ0n) is 46.7. The van der Waals surface area contributed by atoms with E-state index in [1.165, 1.54) is 27.2 Å². The Hall–Kier alpha value is -2.97. The first-order valence-electron chi connectivity index (χ1n) is 26.3. The normalized spacial score (nSPS) is 41.2. The molecule has 5 rings (SSSR count). The van der Waals surface area contributed by atoms with Crippen LogP contribution < -0.4 is 11.1 Å². The molecule has 0 saturated carbocycles. The molecule has 0 unspecified atom stereocenters. The lowest BCUT2D eigenvalue weighted by Crippen LogP contribution is -2.65. The number of nitrogens with two attached hydrogens (primary N) is 1. The molecule has 1 aromatic heterocycles. The molecule has 4 aliphatic rings. The van der Waals surface area contributed by atoms with Crippen LogP contribution >= 0.6 is 11.3 Å². The molecule has 5 heterocycles. The van der Waals surface area contributed by atoms with Crippen LogP contribution in [0.5, 0.6) is 0 Å². The lowest BCUT2D eigenvalue weighted by atomic mass is 9.80. The quantitative estimate of drug-likeness (QED) is 0.130. The minimum absolute atomic E-state index is 0.0273. The maximum atomic E-state index is 14.3. The molecule has 0 aromatic carbocycles. The van der Waals surface area contributed by atoms with Gasteiger partial charge in [-0.15, -0.1) is 11.3 Å². The molecule has 75 heavy (non-hydrogen) atoms. The van der Waals surface area contributed by atoms with Crippen LogP contribution in [0.1, 0.15) is 123 Å². The van der Waals surface area contributed by atoms with E-state index in [4.69, 9.17) is 48.4 Å². The first-order chi connectivity index (χ1) is 35.0. The van der Waals surface area contributed by atoms with Gasteiger partial charge in [0.25, 0.3) is 5.91 Å². The molecule has 1 aromatic rings. The van der Waals surface area contributed by atoms with Crippen LogP contribution in [0.15, 0.2) is 29.9 Å². The number of rotatable bonds is 14. The SMILES string of the molecule is CC[C@H]1OC(=O)C[C@@H](O)[C@H](C)[C@@H](O[C@@H]2O[C@H](C)[C@@H](O[C@H]3C[C@@](C)(O)[C@@H](O)[C@H](C)O3)[C@H](N(C)C)[C@H]2O)[C@@H](c2cc(C(=O)NCC(C)(C)C)c(N)s2)C[C@@H](C)C(=O)/C=C/C(C)=C/[C@@H]1CO[C@@H]1O[C@H](C)[C@@H](O)[C@@H](OC)[C@H]1OC. The van der Waals surface area contributed by atoms with Crippen molar-refractivity contribution in [3.05, 3.63) is 40.3 Å². The van der Waals surface area contributed by atoms with Gasteiger partial charge >= 0.3 is 5.97 Å². The zero-order chi connectivity index (χ0) is 56.0. The van der Waals surface area contributed by atoms with Gasteiger partial charge in [0.2, 0.25) is 0 Å². The van der Waals surface area contributed by atoms with E-state index in [1.54, 1.807) is 65.8 Å². The van der Waals surface area contributed by atoms with Crippen LogP contribution in [0.25, 0.3) is 0 Å². The molecule has 21 heteroatoms. The van der Waals surface area contributed by atoms with Gasteiger partial charge in [0.15, 0.2) is 24.7 Å². The fraction of sp³-hybridized carbons (Fsp3) is 0.796. The Bertz CT molecular complexity index is 2100. The third-order valence-electron chi connectivity index (χ3n) is 15.1. The highest BCUT2D eigenvalue weighted by atomic mass is 32.1. The Kier molecular flexibility index (Phi) is 22.5. The first kappa shape index (κ1) is 62.9. The van der Waals surface area contributed by atoms with Gasteiger partial charge < -0.3 is 84.1 Å². The lowest BCUT2D eigenvalue weighted by Gasteiger charge is -2.50. The van der Waals surface area contributed by atoms with E-state index < -0.39 is 140 Å². The summed E-state index contributed by atoms with van der Waals surface area (Å²) in [5, 5.41) is 60.2. The summed E-state index contributed by atoms with van der Waals surface area (Å²) in [5.74, 6) is -4.32. The number of carbonyl (C=O) groups is 3. The number of thiophene rings is 1. The molecule has 21 atom stereocenters. The van der Waals surface area contributed by atoms with Crippen LogP contribution in [-0.2, 0) is 52.2 Å². The van der Waals surface area contributed by atoms with Crippen molar-refractivity contribution in [2.75, 3.05) is 47.2 Å². The molecule has 3 saturated heterocycles. The summed E-state index contributed by atoms with van der Waals surface area (Å²) in [6.45, 7) is 20.1. The molecule has 0 spiro atoms. The molecule has 0 aliphatic carbocycles. The molecule has 4 aliphatic heterocycles. The predicted molar refractivity (Wildman–Crippen MR) is 279 cm³/mol. The summed E-state index contributed by atoms with van der Waals surface area (Å²) in [6, 6.07) is 0.880. The second kappa shape index (κ2) is 26.8. The third-order valence-corrected chi connectivity index (χ3v) is 16.2. The summed E-state index contributed by atoms with van der Waals surface area (Å²) in [5.41, 5.74) is 5.78. The molecule has 8 N–H and O–H groups in total. The fourth-order valence-corrected chi connectivity index (χ4v) is 11.6. The van der Waals surface area contributed by atoms with Crippen LogP contribution in [0.4, 0.5) is 5.00 Å². The van der Waals surface area contributed by atoms with Crippen LogP contribution in [0.3, 0.4) is 0 Å². The lowest BCUT2D eigenvalue weighted by molar-refractivity contribution is -0.340. The average Bonchev–Trinajstić information content (AvgIpc) is 3.72. The van der Waals surface area contributed by atoms with Crippen molar-refractivity contribution < 1.29 is 82.5 Å². The van der Waals surface area contributed by atoms with Gasteiger partial charge in [-0.3, -0.25) is 14.4 Å². The number of nitrogens with one attached hydrogen (secondary N) is 1. The second-order valence-electron chi connectivity index (χ2n) is 22.9. The van der Waals surface area contributed by atoms with Crippen molar-refractivity contribution in [1.29, 1.82) is 0 Å². The van der Waals surface area contributed by atoms with Gasteiger partial charge in [-0.25, -0.2) is 0 Å². The molecule has 1 amide bonds. The van der Waals surface area contributed by atoms with E-state index in [2.05, 4.69) is 5.32 Å². The molecular weight excluding hydrogens is 995 g/mol. The van der Waals surface area contributed by atoms with Gasteiger partial charge in [-0.2, -0.15) is 0 Å². The van der Waals surface area contributed by atoms with E-state index in [1.807, 2.05) is 40.7 Å². The number of carbonyl (C=O) groups excluding carboxylic acids is 3. The number of hydrogen-bond donors (Lipinski definition) is 7. The topological polar surface area (TPSA) is 277 Å². The summed E-state index contributed by atoms with van der Waals surface area (Å²) >= 11 is 1.15. The monoisotopic (exact) mass is 1080 g/mol. The number of nitrogens with zero attached hydrogens (tertiary/aromatic N) is 1. The predicted octanol–water partition coefficient (Wildman–Crippen LogP) is 3.83. The number of aliphatic hydroxyl groups is 5. The largest absolute Gasteiger partial charge is 0.462 e. The van der Waals surface area contributed by atoms with E-state index in [0.29, 0.717) is 23.4 Å². The number of likely N-dealkylation sites (N-methyl/N-ethyl adjacent to an activating group) is 1. The Balaban J connectivity index is 1.54. The molecular formula is C54H89N3O17S. The molecule has 0 bridgehead atoms. The van der Waals surface area contributed by atoms with Crippen LogP contribution in [0, 0.1) is 23.2 Å². The third kappa shape index (κ3) is 15.9. The second-order valence-corrected chi connectivity index (χ2v) is 24.0. The van der Waals surface area contributed by atoms with E-state index >= 15 is 0 Å². The van der Waals surface area contributed by atoms with Gasteiger partial charge in [0, 0.05) is 55.7 Å². The molecule has 20 nitrogen and oxygen atoms in total. The number of ether oxygens (including phenoxy) is 9. The highest BCUT2D eigenvalue weighted by Gasteiger charge is 2.52. The summed E-state index contributed by atoms with van der Waals surface area (Å²) in [6.07, 6.45) is -9.80. The number of aliphatic hydroxyl groups excluding tert-OH is 4. The number of cyclic esters (lactones) is 1. The van der Waals surface area contributed by atoms with Crippen LogP contribution in [0.2, 0.25) is 0 Å². The Morgan fingerprint density at radius 3 is 2.16 bits per heavy atom. The summed E-state index contributed by atoms with van der Waals surface area (Å²) < 4.78 is 55.7. The number of allylic oxidation sites excluding steroid dienone is 3. The number of methoxy groups -OCH3 is 2. The van der Waals surface area contributed by atoms with E-state index in [9.17, 15) is 39.9 Å². The Morgan fingerprint density at radius 2 is 1.56 bits per heavy atom. The highest BCUT2D eigenvalue weighted by Crippen LogP contribution is 2.43. The van der Waals surface area contributed by atoms with Crippen molar-refractivity contribution in [2.24, 2.45) is 23.2 Å². The van der Waals surface area contributed by atoms with Crippen molar-refractivity contribution in [3.63, 3.8) is 0 Å².